The van der Waals surface area contributed by atoms with Crippen LogP contribution in [0.25, 0.3) is 0 Å². The fourth-order valence-electron chi connectivity index (χ4n) is 2.57. The van der Waals surface area contributed by atoms with Crippen LogP contribution in [0.5, 0.6) is 0 Å². The number of phosphoric acid groups is 2. The molecule has 0 radical (unpaired) electrons. The van der Waals surface area contributed by atoms with Gasteiger partial charge in [-0.25, -0.2) is 9.13 Å². The van der Waals surface area contributed by atoms with Gasteiger partial charge in [0.1, 0.15) is 18.8 Å². The van der Waals surface area contributed by atoms with Gasteiger partial charge in [0.05, 0.1) is 24.9 Å². The van der Waals surface area contributed by atoms with Gasteiger partial charge in [-0.05, 0) is 13.8 Å². The molecule has 1 aliphatic rings. The molecule has 0 spiro atoms. The molecular formula is C15H28O14P2. The molecule has 14 nitrogen and oxygen atoms in total. The van der Waals surface area contributed by atoms with Gasteiger partial charge in [0.15, 0.2) is 6.10 Å². The molecular weight excluding hydrogens is 466 g/mol. The van der Waals surface area contributed by atoms with Gasteiger partial charge in [0, 0.05) is 20.3 Å². The van der Waals surface area contributed by atoms with Crippen molar-refractivity contribution in [3.8, 4) is 0 Å². The van der Waals surface area contributed by atoms with E-state index in [9.17, 15) is 38.7 Å². The van der Waals surface area contributed by atoms with Crippen molar-refractivity contribution in [1.29, 1.82) is 0 Å². The van der Waals surface area contributed by atoms with E-state index in [0.29, 0.717) is 0 Å². The molecule has 0 saturated carbocycles. The minimum atomic E-state index is -5.16. The minimum Gasteiger partial charge on any atom is -0.462 e. The molecule has 0 aromatic carbocycles. The monoisotopic (exact) mass is 494 g/mol. The molecule has 1 rings (SSSR count). The molecule has 0 bridgehead atoms. The number of esters is 2. The normalized spacial score (nSPS) is 27.7. The first-order valence-electron chi connectivity index (χ1n) is 9.05. The third-order valence-electron chi connectivity index (χ3n) is 3.96. The maximum Gasteiger partial charge on any atom is 0.481 e. The molecule has 182 valence electrons. The van der Waals surface area contributed by atoms with Crippen LogP contribution in [0.1, 0.15) is 34.1 Å². The molecule has 1 aliphatic heterocycles. The van der Waals surface area contributed by atoms with Crippen molar-refractivity contribution < 1.29 is 66.3 Å². The largest absolute Gasteiger partial charge is 0.481 e. The van der Waals surface area contributed by atoms with Crippen LogP contribution in [-0.2, 0) is 46.3 Å². The molecule has 16 heteroatoms. The number of carbonyl (C=O) groups is 2. The summed E-state index contributed by atoms with van der Waals surface area (Å²) in [5.74, 6) is -1.50. The van der Waals surface area contributed by atoms with E-state index < -0.39 is 77.4 Å². The fourth-order valence-corrected chi connectivity index (χ4v) is 4.69. The summed E-state index contributed by atoms with van der Waals surface area (Å²) in [5, 5.41) is 19.8. The van der Waals surface area contributed by atoms with Gasteiger partial charge in [0.2, 0.25) is 0 Å². The smallest absolute Gasteiger partial charge is 0.462 e. The van der Waals surface area contributed by atoms with Gasteiger partial charge in [-0.15, -0.1) is 0 Å². The second kappa shape index (κ2) is 11.3. The van der Waals surface area contributed by atoms with Crippen molar-refractivity contribution in [1.82, 2.24) is 0 Å². The summed E-state index contributed by atoms with van der Waals surface area (Å²) in [6, 6.07) is 0. The quantitative estimate of drug-likeness (QED) is 0.209. The number of phosphoric ester groups is 2. The van der Waals surface area contributed by atoms with E-state index in [-0.39, 0.29) is 6.42 Å². The first-order chi connectivity index (χ1) is 14.0. The van der Waals surface area contributed by atoms with Crippen LogP contribution in [0.4, 0.5) is 0 Å². The molecule has 1 heterocycles. The van der Waals surface area contributed by atoms with E-state index in [4.69, 9.17) is 9.47 Å². The third kappa shape index (κ3) is 10.0. The molecule has 4 N–H and O–H groups in total. The predicted octanol–water partition coefficient (Wildman–Crippen LogP) is 0.0211. The molecule has 0 aromatic rings. The number of hydrogen-bond donors (Lipinski definition) is 4. The number of ether oxygens (including phenoxy) is 3. The predicted molar refractivity (Wildman–Crippen MR) is 100 cm³/mol. The van der Waals surface area contributed by atoms with Crippen molar-refractivity contribution >= 4 is 27.6 Å². The molecule has 0 aromatic heterocycles. The zero-order valence-corrected chi connectivity index (χ0v) is 19.2. The lowest BCUT2D eigenvalue weighted by Crippen LogP contribution is -2.37. The average molecular weight is 494 g/mol. The van der Waals surface area contributed by atoms with Crippen molar-refractivity contribution in [3.63, 3.8) is 0 Å². The van der Waals surface area contributed by atoms with Gasteiger partial charge < -0.3 is 34.2 Å². The highest BCUT2D eigenvalue weighted by Crippen LogP contribution is 2.60. The van der Waals surface area contributed by atoms with Crippen LogP contribution < -0.4 is 0 Å². The SMILES string of the molecule is CC(=O)OCC(COP(=O)(O)OP(=O)(O)OCCC1OC(C)(C)C(O)C1O)OC(C)=O. The Morgan fingerprint density at radius 3 is 2.10 bits per heavy atom. The summed E-state index contributed by atoms with van der Waals surface area (Å²) >= 11 is 0. The first-order valence-corrected chi connectivity index (χ1v) is 12.0. The molecule has 0 amide bonds. The van der Waals surface area contributed by atoms with Crippen molar-refractivity contribution in [2.24, 2.45) is 0 Å². The maximum absolute atomic E-state index is 11.9. The number of aliphatic hydroxyl groups is 2. The van der Waals surface area contributed by atoms with E-state index in [1.807, 2.05) is 0 Å². The molecule has 1 fully saturated rings. The molecule has 31 heavy (non-hydrogen) atoms. The van der Waals surface area contributed by atoms with Crippen molar-refractivity contribution in [2.75, 3.05) is 19.8 Å². The van der Waals surface area contributed by atoms with Crippen LogP contribution >= 0.6 is 15.6 Å². The Hall–Kier alpha value is -0.920. The van der Waals surface area contributed by atoms with Crippen LogP contribution in [0, 0.1) is 0 Å². The van der Waals surface area contributed by atoms with E-state index in [1.165, 1.54) is 0 Å². The van der Waals surface area contributed by atoms with E-state index in [0.717, 1.165) is 13.8 Å². The lowest BCUT2D eigenvalue weighted by atomic mass is 9.98. The number of rotatable bonds is 12. The summed E-state index contributed by atoms with van der Waals surface area (Å²) in [6.45, 7) is 3.40. The summed E-state index contributed by atoms with van der Waals surface area (Å²) in [6.07, 6.45) is -4.77. The Morgan fingerprint density at radius 2 is 1.61 bits per heavy atom. The number of aliphatic hydroxyl groups excluding tert-OH is 2. The molecule has 0 aliphatic carbocycles. The highest BCUT2D eigenvalue weighted by Gasteiger charge is 2.48. The Morgan fingerprint density at radius 1 is 1.03 bits per heavy atom. The highest BCUT2D eigenvalue weighted by atomic mass is 31.3. The second-order valence-corrected chi connectivity index (χ2v) is 10.2. The maximum atomic E-state index is 11.9. The Bertz CT molecular complexity index is 725. The third-order valence-corrected chi connectivity index (χ3v) is 6.60. The fraction of sp³-hybridized carbons (Fsp3) is 0.867. The summed E-state index contributed by atoms with van der Waals surface area (Å²) < 4.78 is 51.8. The van der Waals surface area contributed by atoms with Gasteiger partial charge in [-0.3, -0.25) is 18.6 Å². The van der Waals surface area contributed by atoms with E-state index in [2.05, 4.69) is 18.1 Å². The Balaban J connectivity index is 2.53. The summed E-state index contributed by atoms with van der Waals surface area (Å²) in [7, 11) is -10.2. The van der Waals surface area contributed by atoms with Crippen molar-refractivity contribution in [3.05, 3.63) is 0 Å². The molecule has 6 unspecified atom stereocenters. The van der Waals surface area contributed by atoms with E-state index in [1.54, 1.807) is 13.8 Å². The van der Waals surface area contributed by atoms with Crippen LogP contribution in [-0.4, -0.2) is 81.8 Å². The van der Waals surface area contributed by atoms with Crippen molar-refractivity contribution in [2.45, 2.75) is 64.1 Å². The minimum absolute atomic E-state index is 0.136. The number of hydrogen-bond acceptors (Lipinski definition) is 12. The van der Waals surface area contributed by atoms with Crippen LogP contribution in [0.3, 0.4) is 0 Å². The van der Waals surface area contributed by atoms with Crippen LogP contribution in [0.2, 0.25) is 0 Å². The summed E-state index contributed by atoms with van der Waals surface area (Å²) in [5.41, 5.74) is -1.04. The second-order valence-electron chi connectivity index (χ2n) is 7.17. The topological polar surface area (TPSA) is 205 Å². The number of carbonyl (C=O) groups excluding carboxylic acids is 2. The van der Waals surface area contributed by atoms with Gasteiger partial charge in [-0.1, -0.05) is 0 Å². The van der Waals surface area contributed by atoms with E-state index >= 15 is 0 Å². The lowest BCUT2D eigenvalue weighted by Gasteiger charge is -2.22. The van der Waals surface area contributed by atoms with Gasteiger partial charge in [-0.2, -0.15) is 4.31 Å². The highest BCUT2D eigenvalue weighted by molar-refractivity contribution is 7.61. The van der Waals surface area contributed by atoms with Gasteiger partial charge in [0.25, 0.3) is 0 Å². The zero-order valence-electron chi connectivity index (χ0n) is 17.4. The lowest BCUT2D eigenvalue weighted by molar-refractivity contribution is -0.158. The Kier molecular flexibility index (Phi) is 10.2. The van der Waals surface area contributed by atoms with Gasteiger partial charge >= 0.3 is 27.6 Å². The molecule has 1 saturated heterocycles. The summed E-state index contributed by atoms with van der Waals surface area (Å²) in [4.78, 5) is 41.1. The zero-order chi connectivity index (χ0) is 24.0. The average Bonchev–Trinajstić information content (AvgIpc) is 2.78. The van der Waals surface area contributed by atoms with Crippen LogP contribution in [0.15, 0.2) is 0 Å². The first kappa shape index (κ1) is 28.1. The molecule has 6 atom stereocenters. The Labute approximate surface area is 178 Å². The standard InChI is InChI=1S/C15H28O14P2/c1-9(16)24-7-11(27-10(2)17)8-26-31(22,23)29-30(20,21)25-6-5-12-13(18)14(19)15(3,4)28-12/h11-14,18-19H,5-8H2,1-4H3,(H,20,21)(H,22,23).